The number of aliphatic hydroxyl groups is 1. The fraction of sp³-hybridized carbons (Fsp3) is 0.545. The van der Waals surface area contributed by atoms with Crippen LogP contribution in [0.4, 0.5) is 11.5 Å². The van der Waals surface area contributed by atoms with Crippen LogP contribution in [-0.4, -0.2) is 27.7 Å². The molecule has 0 aliphatic carbocycles. The van der Waals surface area contributed by atoms with Crippen LogP contribution in [0.1, 0.15) is 19.4 Å². The third-order valence-corrected chi connectivity index (χ3v) is 2.78. The fourth-order valence-electron chi connectivity index (χ4n) is 1.33. The number of nitro groups is 1. The lowest BCUT2D eigenvalue weighted by molar-refractivity contribution is -0.385. The van der Waals surface area contributed by atoms with Crippen molar-refractivity contribution in [2.75, 3.05) is 11.9 Å². The highest BCUT2D eigenvalue weighted by Gasteiger charge is 2.14. The van der Waals surface area contributed by atoms with Crippen molar-refractivity contribution in [3.63, 3.8) is 0 Å². The van der Waals surface area contributed by atoms with Gasteiger partial charge in [-0.3, -0.25) is 10.1 Å². The van der Waals surface area contributed by atoms with E-state index in [1.165, 1.54) is 12.3 Å². The summed E-state index contributed by atoms with van der Waals surface area (Å²) < 4.78 is 0. The first-order valence-corrected chi connectivity index (χ1v) is 5.44. The predicted molar refractivity (Wildman–Crippen MR) is 65.0 cm³/mol. The van der Waals surface area contributed by atoms with E-state index in [-0.39, 0.29) is 24.3 Å². The Labute approximate surface area is 99.8 Å². The molecule has 0 amide bonds. The molecule has 1 aromatic heterocycles. The van der Waals surface area contributed by atoms with Crippen LogP contribution in [0, 0.1) is 23.0 Å². The van der Waals surface area contributed by atoms with Crippen LogP contribution >= 0.6 is 0 Å². The Kier molecular flexibility index (Phi) is 4.39. The number of hydrogen-bond acceptors (Lipinski definition) is 5. The van der Waals surface area contributed by atoms with E-state index in [0.717, 1.165) is 5.56 Å². The molecule has 6 nitrogen and oxygen atoms in total. The van der Waals surface area contributed by atoms with Gasteiger partial charge in [-0.2, -0.15) is 0 Å². The summed E-state index contributed by atoms with van der Waals surface area (Å²) in [6.45, 7) is 5.70. The Morgan fingerprint density at radius 1 is 1.59 bits per heavy atom. The summed E-state index contributed by atoms with van der Waals surface area (Å²) in [4.78, 5) is 14.1. The molecule has 1 rings (SSSR count). The lowest BCUT2D eigenvalue weighted by Crippen LogP contribution is -2.27. The topological polar surface area (TPSA) is 88.3 Å². The molecule has 0 saturated carbocycles. The normalized spacial score (nSPS) is 14.1. The summed E-state index contributed by atoms with van der Waals surface area (Å²) in [7, 11) is 0. The van der Waals surface area contributed by atoms with Gasteiger partial charge in [-0.25, -0.2) is 4.98 Å². The molecule has 6 heteroatoms. The van der Waals surface area contributed by atoms with E-state index >= 15 is 0 Å². The zero-order valence-corrected chi connectivity index (χ0v) is 10.2. The van der Waals surface area contributed by atoms with Crippen molar-refractivity contribution in [1.82, 2.24) is 4.98 Å². The average Bonchev–Trinajstić information content (AvgIpc) is 2.30. The Bertz CT molecular complexity index is 409. The zero-order chi connectivity index (χ0) is 13.0. The molecule has 94 valence electrons. The molecule has 2 atom stereocenters. The standard InChI is InChI=1S/C11H17N3O3/c1-7-4-10(14(16)17)5-12-11(7)13-9(3)8(2)6-15/h4-5,8-9,15H,6H2,1-3H3,(H,12,13). The molecule has 0 saturated heterocycles. The van der Waals surface area contributed by atoms with Crippen molar-refractivity contribution in [1.29, 1.82) is 0 Å². The highest BCUT2D eigenvalue weighted by atomic mass is 16.6. The Morgan fingerprint density at radius 2 is 2.24 bits per heavy atom. The first-order valence-electron chi connectivity index (χ1n) is 5.44. The number of pyridine rings is 1. The molecular weight excluding hydrogens is 222 g/mol. The van der Waals surface area contributed by atoms with Crippen molar-refractivity contribution in [2.24, 2.45) is 5.92 Å². The quantitative estimate of drug-likeness (QED) is 0.603. The molecule has 0 aliphatic rings. The number of aliphatic hydroxyl groups excluding tert-OH is 1. The van der Waals surface area contributed by atoms with Crippen LogP contribution < -0.4 is 5.32 Å². The number of nitrogens with one attached hydrogen (secondary N) is 1. The monoisotopic (exact) mass is 239 g/mol. The third kappa shape index (κ3) is 3.39. The lowest BCUT2D eigenvalue weighted by Gasteiger charge is -2.20. The van der Waals surface area contributed by atoms with Gasteiger partial charge in [-0.1, -0.05) is 6.92 Å². The van der Waals surface area contributed by atoms with Crippen LogP contribution in [0.2, 0.25) is 0 Å². The number of anilines is 1. The van der Waals surface area contributed by atoms with Gasteiger partial charge < -0.3 is 10.4 Å². The molecule has 0 aromatic carbocycles. The Morgan fingerprint density at radius 3 is 2.71 bits per heavy atom. The summed E-state index contributed by atoms with van der Waals surface area (Å²) in [5, 5.41) is 22.7. The van der Waals surface area contributed by atoms with E-state index in [9.17, 15) is 10.1 Å². The molecule has 2 unspecified atom stereocenters. The summed E-state index contributed by atoms with van der Waals surface area (Å²) in [5.74, 6) is 0.704. The highest BCUT2D eigenvalue weighted by Crippen LogP contribution is 2.19. The summed E-state index contributed by atoms with van der Waals surface area (Å²) in [6.07, 6.45) is 1.23. The minimum absolute atomic E-state index is 0.0177. The number of aryl methyl sites for hydroxylation is 1. The molecule has 0 aliphatic heterocycles. The maximum Gasteiger partial charge on any atom is 0.287 e. The number of aromatic nitrogens is 1. The highest BCUT2D eigenvalue weighted by molar-refractivity contribution is 5.48. The Balaban J connectivity index is 2.82. The van der Waals surface area contributed by atoms with Crippen LogP contribution in [0.15, 0.2) is 12.3 Å². The molecule has 0 spiro atoms. The van der Waals surface area contributed by atoms with Crippen molar-refractivity contribution in [3.8, 4) is 0 Å². The minimum atomic E-state index is -0.469. The van der Waals surface area contributed by atoms with Gasteiger partial charge >= 0.3 is 0 Å². The van der Waals surface area contributed by atoms with Gasteiger partial charge in [-0.05, 0) is 25.3 Å². The Hall–Kier alpha value is -1.69. The molecule has 17 heavy (non-hydrogen) atoms. The van der Waals surface area contributed by atoms with Gasteiger partial charge in [-0.15, -0.1) is 0 Å². The van der Waals surface area contributed by atoms with E-state index in [1.807, 2.05) is 13.8 Å². The second-order valence-corrected chi connectivity index (χ2v) is 4.21. The lowest BCUT2D eigenvalue weighted by atomic mass is 10.1. The van der Waals surface area contributed by atoms with E-state index in [0.29, 0.717) is 5.82 Å². The average molecular weight is 239 g/mol. The molecule has 0 radical (unpaired) electrons. The van der Waals surface area contributed by atoms with Crippen molar-refractivity contribution in [3.05, 3.63) is 27.9 Å². The number of hydrogen-bond donors (Lipinski definition) is 2. The van der Waals surface area contributed by atoms with E-state index in [1.54, 1.807) is 6.92 Å². The largest absolute Gasteiger partial charge is 0.396 e. The zero-order valence-electron chi connectivity index (χ0n) is 10.2. The first kappa shape index (κ1) is 13.4. The molecule has 1 aromatic rings. The van der Waals surface area contributed by atoms with Crippen LogP contribution in [-0.2, 0) is 0 Å². The van der Waals surface area contributed by atoms with Crippen LogP contribution in [0.5, 0.6) is 0 Å². The maximum absolute atomic E-state index is 10.6. The van der Waals surface area contributed by atoms with Gasteiger partial charge in [0.05, 0.1) is 4.92 Å². The van der Waals surface area contributed by atoms with Crippen LogP contribution in [0.25, 0.3) is 0 Å². The smallest absolute Gasteiger partial charge is 0.287 e. The van der Waals surface area contributed by atoms with Crippen molar-refractivity contribution < 1.29 is 10.0 Å². The molecule has 0 fully saturated rings. The van der Waals surface area contributed by atoms with Gasteiger partial charge in [0.1, 0.15) is 12.0 Å². The maximum atomic E-state index is 10.6. The third-order valence-electron chi connectivity index (χ3n) is 2.78. The number of rotatable bonds is 5. The molecule has 2 N–H and O–H groups in total. The van der Waals surface area contributed by atoms with Gasteiger partial charge in [0, 0.05) is 18.7 Å². The summed E-state index contributed by atoms with van der Waals surface area (Å²) in [5.41, 5.74) is 0.701. The number of nitrogens with zero attached hydrogens (tertiary/aromatic N) is 2. The fourth-order valence-corrected chi connectivity index (χ4v) is 1.33. The first-order chi connectivity index (χ1) is 7.95. The molecule has 1 heterocycles. The molecular formula is C11H17N3O3. The van der Waals surface area contributed by atoms with Gasteiger partial charge in [0.2, 0.25) is 0 Å². The van der Waals surface area contributed by atoms with Crippen molar-refractivity contribution in [2.45, 2.75) is 26.8 Å². The van der Waals surface area contributed by atoms with Crippen molar-refractivity contribution >= 4 is 11.5 Å². The second kappa shape index (κ2) is 5.58. The summed E-state index contributed by atoms with van der Waals surface area (Å²) >= 11 is 0. The van der Waals surface area contributed by atoms with E-state index in [2.05, 4.69) is 10.3 Å². The van der Waals surface area contributed by atoms with E-state index in [4.69, 9.17) is 5.11 Å². The van der Waals surface area contributed by atoms with Gasteiger partial charge in [0.15, 0.2) is 0 Å². The predicted octanol–water partition coefficient (Wildman–Crippen LogP) is 1.73. The second-order valence-electron chi connectivity index (χ2n) is 4.21. The van der Waals surface area contributed by atoms with Gasteiger partial charge in [0.25, 0.3) is 5.69 Å². The van der Waals surface area contributed by atoms with E-state index < -0.39 is 4.92 Å². The summed E-state index contributed by atoms with van der Waals surface area (Å²) in [6, 6.07) is 1.53. The minimum Gasteiger partial charge on any atom is -0.396 e. The van der Waals surface area contributed by atoms with Crippen LogP contribution in [0.3, 0.4) is 0 Å². The SMILES string of the molecule is Cc1cc([N+](=O)[O-])cnc1NC(C)C(C)CO. The molecule has 0 bridgehead atoms.